The van der Waals surface area contributed by atoms with E-state index in [2.05, 4.69) is 57.1 Å². The predicted octanol–water partition coefficient (Wildman–Crippen LogP) is 5.81. The third-order valence-corrected chi connectivity index (χ3v) is 5.69. The van der Waals surface area contributed by atoms with E-state index in [-0.39, 0.29) is 11.9 Å². The molecule has 1 aromatic heterocycles. The molecule has 1 N–H and O–H groups in total. The Hall–Kier alpha value is -0.230. The van der Waals surface area contributed by atoms with Crippen LogP contribution in [0, 0.1) is 12.7 Å². The van der Waals surface area contributed by atoms with Crippen molar-refractivity contribution < 1.29 is 4.39 Å². The highest BCUT2D eigenvalue weighted by molar-refractivity contribution is 9.10. The summed E-state index contributed by atoms with van der Waals surface area (Å²) in [4.78, 5) is 2.48. The van der Waals surface area contributed by atoms with E-state index in [4.69, 9.17) is 0 Å². The van der Waals surface area contributed by atoms with Crippen molar-refractivity contribution in [2.45, 2.75) is 26.3 Å². The van der Waals surface area contributed by atoms with Gasteiger partial charge in [-0.15, -0.1) is 11.3 Å². The Bertz CT molecular complexity index is 598. The Kier molecular flexibility index (Phi) is 5.78. The molecule has 0 aliphatic heterocycles. The van der Waals surface area contributed by atoms with E-state index in [0.717, 1.165) is 27.5 Å². The van der Waals surface area contributed by atoms with Crippen molar-refractivity contribution >= 4 is 43.2 Å². The molecule has 0 spiro atoms. The molecule has 1 unspecified atom stereocenters. The minimum absolute atomic E-state index is 0.0676. The van der Waals surface area contributed by atoms with Gasteiger partial charge in [0.1, 0.15) is 5.82 Å². The maximum atomic E-state index is 13.3. The van der Waals surface area contributed by atoms with Crippen LogP contribution >= 0.6 is 43.2 Å². The van der Waals surface area contributed by atoms with Crippen molar-refractivity contribution in [3.8, 4) is 0 Å². The maximum absolute atomic E-state index is 13.3. The lowest BCUT2D eigenvalue weighted by Gasteiger charge is -2.20. The van der Waals surface area contributed by atoms with Gasteiger partial charge in [-0.3, -0.25) is 0 Å². The Labute approximate surface area is 139 Å². The fraction of sp³-hybridized carbons (Fsp3) is 0.333. The molecule has 2 rings (SSSR count). The molecule has 0 saturated carbocycles. The summed E-state index contributed by atoms with van der Waals surface area (Å²) < 4.78 is 15.2. The topological polar surface area (TPSA) is 12.0 Å². The maximum Gasteiger partial charge on any atom is 0.124 e. The van der Waals surface area contributed by atoms with Crippen molar-refractivity contribution in [2.24, 2.45) is 0 Å². The molecule has 0 aliphatic carbocycles. The quantitative estimate of drug-likeness (QED) is 0.643. The van der Waals surface area contributed by atoms with Crippen LogP contribution in [0.15, 0.2) is 33.2 Å². The molecule has 20 heavy (non-hydrogen) atoms. The van der Waals surface area contributed by atoms with Crippen LogP contribution < -0.4 is 5.32 Å². The summed E-state index contributed by atoms with van der Waals surface area (Å²) in [5.41, 5.74) is 1.06. The molecule has 108 valence electrons. The number of thiophene rings is 1. The third kappa shape index (κ3) is 3.70. The van der Waals surface area contributed by atoms with Crippen molar-refractivity contribution in [3.63, 3.8) is 0 Å². The smallest absolute Gasteiger partial charge is 0.124 e. The SMILES string of the molecule is CCCNC(c1ccc(F)cc1Br)c1sc(C)cc1Br. The molecule has 0 bridgehead atoms. The molecular formula is C15H16Br2FNS. The van der Waals surface area contributed by atoms with Gasteiger partial charge in [0.05, 0.1) is 6.04 Å². The molecule has 0 fully saturated rings. The summed E-state index contributed by atoms with van der Waals surface area (Å²) in [7, 11) is 0. The lowest BCUT2D eigenvalue weighted by Crippen LogP contribution is -2.23. The Balaban J connectivity index is 2.44. The zero-order valence-corrected chi connectivity index (χ0v) is 15.3. The van der Waals surface area contributed by atoms with Gasteiger partial charge in [-0.2, -0.15) is 0 Å². The highest BCUT2D eigenvalue weighted by Gasteiger charge is 2.21. The standard InChI is InChI=1S/C15H16Br2FNS/c1-3-6-19-14(15-13(17)7-9(2)20-15)11-5-4-10(18)8-12(11)16/h4-5,7-8,14,19H,3,6H2,1-2H3. The monoisotopic (exact) mass is 419 g/mol. The van der Waals surface area contributed by atoms with Gasteiger partial charge < -0.3 is 5.32 Å². The largest absolute Gasteiger partial charge is 0.306 e. The van der Waals surface area contributed by atoms with Gasteiger partial charge in [0.2, 0.25) is 0 Å². The van der Waals surface area contributed by atoms with Crippen LogP contribution in [-0.4, -0.2) is 6.54 Å². The van der Waals surface area contributed by atoms with Gasteiger partial charge in [-0.25, -0.2) is 4.39 Å². The molecule has 0 saturated heterocycles. The normalized spacial score (nSPS) is 12.7. The average molecular weight is 421 g/mol. The van der Waals surface area contributed by atoms with Gasteiger partial charge in [0, 0.05) is 18.7 Å². The fourth-order valence-corrected chi connectivity index (χ4v) is 4.62. The van der Waals surface area contributed by atoms with Crippen LogP contribution in [-0.2, 0) is 0 Å². The molecule has 2 aromatic rings. The molecular weight excluding hydrogens is 405 g/mol. The predicted molar refractivity (Wildman–Crippen MR) is 91.0 cm³/mol. The summed E-state index contributed by atoms with van der Waals surface area (Å²) in [6.07, 6.45) is 1.05. The van der Waals surface area contributed by atoms with Gasteiger partial charge in [0.15, 0.2) is 0 Å². The second-order valence-electron chi connectivity index (χ2n) is 4.62. The van der Waals surface area contributed by atoms with Crippen LogP contribution in [0.4, 0.5) is 4.39 Å². The molecule has 0 amide bonds. The number of hydrogen-bond acceptors (Lipinski definition) is 2. The van der Waals surface area contributed by atoms with Gasteiger partial charge in [-0.05, 0) is 59.6 Å². The van der Waals surface area contributed by atoms with Gasteiger partial charge >= 0.3 is 0 Å². The van der Waals surface area contributed by atoms with Gasteiger partial charge in [-0.1, -0.05) is 28.9 Å². The summed E-state index contributed by atoms with van der Waals surface area (Å²) in [6, 6.07) is 7.06. The van der Waals surface area contributed by atoms with Crippen LogP contribution in [0.1, 0.15) is 34.7 Å². The second kappa shape index (κ2) is 7.16. The highest BCUT2D eigenvalue weighted by Crippen LogP contribution is 2.38. The van der Waals surface area contributed by atoms with E-state index in [0.29, 0.717) is 0 Å². The minimum Gasteiger partial charge on any atom is -0.306 e. The fourth-order valence-electron chi connectivity index (χ4n) is 2.07. The average Bonchev–Trinajstić information content (AvgIpc) is 2.71. The molecule has 0 radical (unpaired) electrons. The first-order chi connectivity index (χ1) is 9.52. The lowest BCUT2D eigenvalue weighted by molar-refractivity contribution is 0.595. The zero-order valence-electron chi connectivity index (χ0n) is 11.3. The van der Waals surface area contributed by atoms with Crippen molar-refractivity contribution in [1.29, 1.82) is 0 Å². The third-order valence-electron chi connectivity index (χ3n) is 2.97. The van der Waals surface area contributed by atoms with E-state index in [9.17, 15) is 4.39 Å². The first-order valence-corrected chi connectivity index (χ1v) is 8.87. The summed E-state index contributed by atoms with van der Waals surface area (Å²) in [5, 5.41) is 3.54. The van der Waals surface area contributed by atoms with Gasteiger partial charge in [0.25, 0.3) is 0 Å². The van der Waals surface area contributed by atoms with Crippen molar-refractivity contribution in [3.05, 3.63) is 54.3 Å². The molecule has 1 heterocycles. The number of benzene rings is 1. The van der Waals surface area contributed by atoms with E-state index in [1.807, 2.05) is 6.07 Å². The number of halogens is 3. The molecule has 0 aliphatic rings. The number of aryl methyl sites for hydroxylation is 1. The van der Waals surface area contributed by atoms with Crippen LogP contribution in [0.25, 0.3) is 0 Å². The Morgan fingerprint density at radius 2 is 2.00 bits per heavy atom. The van der Waals surface area contributed by atoms with Crippen LogP contribution in [0.5, 0.6) is 0 Å². The molecule has 1 nitrogen and oxygen atoms in total. The summed E-state index contributed by atoms with van der Waals surface area (Å²) in [5.74, 6) is -0.226. The Morgan fingerprint density at radius 1 is 1.25 bits per heavy atom. The molecule has 1 aromatic carbocycles. The summed E-state index contributed by atoms with van der Waals surface area (Å²) in [6.45, 7) is 5.14. The highest BCUT2D eigenvalue weighted by atomic mass is 79.9. The molecule has 5 heteroatoms. The number of hydrogen-bond donors (Lipinski definition) is 1. The minimum atomic E-state index is -0.226. The Morgan fingerprint density at radius 3 is 2.55 bits per heavy atom. The zero-order chi connectivity index (χ0) is 14.7. The molecule has 1 atom stereocenters. The second-order valence-corrected chi connectivity index (χ2v) is 7.62. The van der Waals surface area contributed by atoms with Crippen LogP contribution in [0.3, 0.4) is 0 Å². The van der Waals surface area contributed by atoms with Crippen molar-refractivity contribution in [1.82, 2.24) is 5.32 Å². The first kappa shape index (κ1) is 16.1. The van der Waals surface area contributed by atoms with E-state index in [1.54, 1.807) is 11.3 Å². The van der Waals surface area contributed by atoms with Crippen LogP contribution in [0.2, 0.25) is 0 Å². The summed E-state index contributed by atoms with van der Waals surface area (Å²) >= 11 is 8.86. The van der Waals surface area contributed by atoms with E-state index >= 15 is 0 Å². The number of nitrogens with one attached hydrogen (secondary N) is 1. The first-order valence-electron chi connectivity index (χ1n) is 6.47. The van der Waals surface area contributed by atoms with Crippen molar-refractivity contribution in [2.75, 3.05) is 6.54 Å². The lowest BCUT2D eigenvalue weighted by atomic mass is 10.1. The van der Waals surface area contributed by atoms with E-state index < -0.39 is 0 Å². The van der Waals surface area contributed by atoms with E-state index in [1.165, 1.54) is 21.9 Å². The number of rotatable bonds is 5.